The molecular weight excluding hydrogens is 420 g/mol. The van der Waals surface area contributed by atoms with Crippen LogP contribution in [-0.2, 0) is 22.2 Å². The molecule has 0 amide bonds. The Morgan fingerprint density at radius 1 is 0.926 bits per heavy atom. The molecule has 5 nitrogen and oxygen atoms in total. The van der Waals surface area contributed by atoms with Crippen LogP contribution in [0.25, 0.3) is 5.13 Å². The number of hydrogen-bond acceptors (Lipinski definition) is 5. The SMILES string of the molecule is O=S(=O)(c1ccn(-c2nnc(C(F)(F)F)s2)c1)c1ccccc1C(F)(F)F. The van der Waals surface area contributed by atoms with Gasteiger partial charge < -0.3 is 0 Å². The van der Waals surface area contributed by atoms with Crippen molar-refractivity contribution in [1.82, 2.24) is 14.8 Å². The molecule has 0 saturated carbocycles. The molecule has 0 spiro atoms. The first-order valence-corrected chi connectivity index (χ1v) is 9.21. The van der Waals surface area contributed by atoms with Crippen molar-refractivity contribution in [1.29, 1.82) is 0 Å². The predicted molar refractivity (Wildman–Crippen MR) is 81.1 cm³/mol. The molecule has 2 heterocycles. The summed E-state index contributed by atoms with van der Waals surface area (Å²) in [4.78, 5) is -1.48. The van der Waals surface area contributed by atoms with Gasteiger partial charge in [0.2, 0.25) is 20.0 Å². The average Bonchev–Trinajstić information content (AvgIpc) is 3.23. The van der Waals surface area contributed by atoms with Gasteiger partial charge in [0.05, 0.1) is 15.4 Å². The number of halogens is 6. The van der Waals surface area contributed by atoms with Gasteiger partial charge >= 0.3 is 12.4 Å². The summed E-state index contributed by atoms with van der Waals surface area (Å²) in [6.07, 6.45) is -7.66. The second kappa shape index (κ2) is 6.34. The van der Waals surface area contributed by atoms with Crippen molar-refractivity contribution in [2.45, 2.75) is 22.1 Å². The van der Waals surface area contributed by atoms with Crippen LogP contribution in [0.15, 0.2) is 52.5 Å². The van der Waals surface area contributed by atoms with Gasteiger partial charge in [-0.2, -0.15) is 26.3 Å². The predicted octanol–water partition coefficient (Wildman–Crippen LogP) is 4.20. The van der Waals surface area contributed by atoms with Gasteiger partial charge in [-0.3, -0.25) is 4.57 Å². The molecule has 0 N–H and O–H groups in total. The third-order valence-electron chi connectivity index (χ3n) is 3.34. The molecular formula is C14H7F6N3O2S2. The fourth-order valence-electron chi connectivity index (χ4n) is 2.15. The molecule has 2 aromatic heterocycles. The average molecular weight is 427 g/mol. The molecule has 0 unspecified atom stereocenters. The second-order valence-corrected chi connectivity index (χ2v) is 8.01. The molecule has 3 rings (SSSR count). The highest BCUT2D eigenvalue weighted by atomic mass is 32.2. The van der Waals surface area contributed by atoms with E-state index < -0.39 is 42.6 Å². The molecule has 0 aliphatic carbocycles. The van der Waals surface area contributed by atoms with E-state index in [0.29, 0.717) is 6.07 Å². The van der Waals surface area contributed by atoms with E-state index in [-0.39, 0.29) is 16.5 Å². The van der Waals surface area contributed by atoms with E-state index in [2.05, 4.69) is 10.2 Å². The Balaban J connectivity index is 2.03. The Morgan fingerprint density at radius 2 is 1.59 bits per heavy atom. The molecule has 0 fully saturated rings. The van der Waals surface area contributed by atoms with E-state index in [4.69, 9.17) is 0 Å². The number of aromatic nitrogens is 3. The molecule has 0 aliphatic rings. The second-order valence-electron chi connectivity index (χ2n) is 5.14. The minimum absolute atomic E-state index is 0.161. The normalized spacial score (nSPS) is 13.1. The van der Waals surface area contributed by atoms with E-state index in [0.717, 1.165) is 41.2 Å². The Morgan fingerprint density at radius 3 is 2.19 bits per heavy atom. The number of rotatable bonds is 3. The first-order chi connectivity index (χ1) is 12.4. The van der Waals surface area contributed by atoms with E-state index in [1.165, 1.54) is 0 Å². The lowest BCUT2D eigenvalue weighted by Gasteiger charge is -2.12. The maximum Gasteiger partial charge on any atom is 0.445 e. The van der Waals surface area contributed by atoms with Gasteiger partial charge in [-0.1, -0.05) is 23.5 Å². The van der Waals surface area contributed by atoms with Crippen molar-refractivity contribution in [3.63, 3.8) is 0 Å². The Kier molecular flexibility index (Phi) is 4.54. The van der Waals surface area contributed by atoms with Crippen LogP contribution in [0.1, 0.15) is 10.6 Å². The van der Waals surface area contributed by atoms with Crippen LogP contribution < -0.4 is 0 Å². The Hall–Kier alpha value is -2.41. The molecule has 144 valence electrons. The van der Waals surface area contributed by atoms with Gasteiger partial charge in [-0.25, -0.2) is 8.42 Å². The summed E-state index contributed by atoms with van der Waals surface area (Å²) in [5, 5.41) is 4.76. The lowest BCUT2D eigenvalue weighted by Crippen LogP contribution is -2.13. The molecule has 0 radical (unpaired) electrons. The van der Waals surface area contributed by atoms with Crippen molar-refractivity contribution >= 4 is 21.2 Å². The molecule has 0 aliphatic heterocycles. The third kappa shape index (κ3) is 3.69. The van der Waals surface area contributed by atoms with Crippen LogP contribution in [0.3, 0.4) is 0 Å². The summed E-state index contributed by atoms with van der Waals surface area (Å²) in [7, 11) is -4.57. The Labute approximate surface area is 151 Å². The summed E-state index contributed by atoms with van der Waals surface area (Å²) >= 11 is 0.161. The first kappa shape index (κ1) is 19.4. The zero-order chi connectivity index (χ0) is 20.0. The van der Waals surface area contributed by atoms with Crippen LogP contribution in [-0.4, -0.2) is 23.2 Å². The lowest BCUT2D eigenvalue weighted by molar-refractivity contribution is -0.140. The van der Waals surface area contributed by atoms with Gasteiger partial charge in [-0.15, -0.1) is 10.2 Å². The van der Waals surface area contributed by atoms with E-state index >= 15 is 0 Å². The maximum absolute atomic E-state index is 13.1. The number of hydrogen-bond donors (Lipinski definition) is 0. The maximum atomic E-state index is 13.1. The fourth-order valence-corrected chi connectivity index (χ4v) is 4.30. The molecule has 0 bridgehead atoms. The molecule has 3 aromatic rings. The minimum Gasteiger partial charge on any atom is -0.297 e. The quantitative estimate of drug-likeness (QED) is 0.588. The number of nitrogens with zero attached hydrogens (tertiary/aromatic N) is 3. The summed E-state index contributed by atoms with van der Waals surface area (Å²) in [6.45, 7) is 0. The smallest absolute Gasteiger partial charge is 0.297 e. The number of sulfone groups is 1. The van der Waals surface area contributed by atoms with Gasteiger partial charge in [0.15, 0.2) is 0 Å². The van der Waals surface area contributed by atoms with E-state index in [1.807, 2.05) is 0 Å². The van der Waals surface area contributed by atoms with Gasteiger partial charge in [0.25, 0.3) is 0 Å². The summed E-state index contributed by atoms with van der Waals surface area (Å²) in [6, 6.07) is 4.59. The highest BCUT2D eigenvalue weighted by Gasteiger charge is 2.38. The topological polar surface area (TPSA) is 64.8 Å². The summed E-state index contributed by atoms with van der Waals surface area (Å²) in [5.74, 6) is 0. The standard InChI is InChI=1S/C14H7F6N3O2S2/c15-13(16,17)9-3-1-2-4-10(9)27(24,25)8-5-6-23(7-8)12-22-21-11(26-12)14(18,19)20/h1-7H. The zero-order valence-electron chi connectivity index (χ0n) is 12.8. The van der Waals surface area contributed by atoms with Crippen molar-refractivity contribution in [2.24, 2.45) is 0 Å². The van der Waals surface area contributed by atoms with Gasteiger partial charge in [0.1, 0.15) is 0 Å². The highest BCUT2D eigenvalue weighted by Crippen LogP contribution is 2.37. The van der Waals surface area contributed by atoms with E-state index in [1.54, 1.807) is 0 Å². The van der Waals surface area contributed by atoms with Gasteiger partial charge in [0, 0.05) is 12.4 Å². The van der Waals surface area contributed by atoms with Crippen molar-refractivity contribution in [3.8, 4) is 5.13 Å². The lowest BCUT2D eigenvalue weighted by atomic mass is 10.2. The van der Waals surface area contributed by atoms with Crippen LogP contribution >= 0.6 is 11.3 Å². The van der Waals surface area contributed by atoms with E-state index in [9.17, 15) is 34.8 Å². The zero-order valence-corrected chi connectivity index (χ0v) is 14.4. The monoisotopic (exact) mass is 427 g/mol. The van der Waals surface area contributed by atoms with Crippen LogP contribution in [0.2, 0.25) is 0 Å². The Bertz CT molecular complexity index is 1080. The number of benzene rings is 1. The summed E-state index contributed by atoms with van der Waals surface area (Å²) < 4.78 is 103. The highest BCUT2D eigenvalue weighted by molar-refractivity contribution is 7.91. The van der Waals surface area contributed by atoms with Crippen molar-refractivity contribution in [2.75, 3.05) is 0 Å². The molecule has 0 atom stereocenters. The first-order valence-electron chi connectivity index (χ1n) is 6.91. The molecule has 1 aromatic carbocycles. The summed E-state index contributed by atoms with van der Waals surface area (Å²) in [5.41, 5.74) is -1.34. The molecule has 0 saturated heterocycles. The molecule has 13 heteroatoms. The third-order valence-corrected chi connectivity index (χ3v) is 6.11. The molecule has 27 heavy (non-hydrogen) atoms. The van der Waals surface area contributed by atoms with Crippen LogP contribution in [0, 0.1) is 0 Å². The largest absolute Gasteiger partial charge is 0.445 e. The van der Waals surface area contributed by atoms with Crippen molar-refractivity contribution in [3.05, 3.63) is 53.3 Å². The fraction of sp³-hybridized carbons (Fsp3) is 0.143. The van der Waals surface area contributed by atoms with Crippen molar-refractivity contribution < 1.29 is 34.8 Å². The van der Waals surface area contributed by atoms with Gasteiger partial charge in [-0.05, 0) is 18.2 Å². The number of alkyl halides is 6. The van der Waals surface area contributed by atoms with Crippen LogP contribution in [0.5, 0.6) is 0 Å². The van der Waals surface area contributed by atoms with Crippen LogP contribution in [0.4, 0.5) is 26.3 Å². The minimum atomic E-state index is -4.90.